The Balaban J connectivity index is 0.00000121. The molecule has 1 heterocycles. The molecule has 1 aliphatic heterocycles. The molecule has 0 aromatic carbocycles. The molecular weight excluding hydrogens is 186 g/mol. The van der Waals surface area contributed by atoms with E-state index in [1.807, 2.05) is 0 Å². The van der Waals surface area contributed by atoms with Crippen LogP contribution in [0.15, 0.2) is 0 Å². The standard InChI is InChI=1S/C5H7NO4S.H2O/c7-4(8)2-1-11-3(6-2)5(9)10;/h2-3,6H,1H2,(H,7,8)(H,9,10);1H2. The number of carboxylic acids is 2. The Morgan fingerprint density at radius 1 is 1.33 bits per heavy atom. The van der Waals surface area contributed by atoms with Gasteiger partial charge in [-0.05, 0) is 0 Å². The number of rotatable bonds is 2. The van der Waals surface area contributed by atoms with Crippen LogP contribution in [0, 0.1) is 0 Å². The van der Waals surface area contributed by atoms with Crippen LogP contribution in [0.3, 0.4) is 0 Å². The molecule has 0 bridgehead atoms. The Labute approximate surface area is 72.3 Å². The third-order valence-electron chi connectivity index (χ3n) is 1.30. The quantitative estimate of drug-likeness (QED) is 0.486. The molecule has 1 saturated heterocycles. The zero-order valence-corrected chi connectivity index (χ0v) is 6.80. The number of carbonyl (C=O) groups is 2. The van der Waals surface area contributed by atoms with Gasteiger partial charge in [0.05, 0.1) is 0 Å². The molecule has 12 heavy (non-hydrogen) atoms. The fraction of sp³-hybridized carbons (Fsp3) is 0.600. The molecule has 1 rings (SSSR count). The zero-order chi connectivity index (χ0) is 8.43. The molecule has 2 atom stereocenters. The average Bonchev–Trinajstić information content (AvgIpc) is 2.33. The number of thioether (sulfide) groups is 1. The van der Waals surface area contributed by atoms with Crippen LogP contribution in [-0.4, -0.2) is 44.8 Å². The van der Waals surface area contributed by atoms with Gasteiger partial charge >= 0.3 is 11.9 Å². The van der Waals surface area contributed by atoms with E-state index in [9.17, 15) is 9.59 Å². The largest absolute Gasteiger partial charge is 0.480 e. The number of aliphatic carboxylic acids is 2. The van der Waals surface area contributed by atoms with Gasteiger partial charge in [-0.25, -0.2) is 4.79 Å². The summed E-state index contributed by atoms with van der Waals surface area (Å²) >= 11 is 1.10. The maximum Gasteiger partial charge on any atom is 0.331 e. The van der Waals surface area contributed by atoms with Crippen LogP contribution in [0.5, 0.6) is 0 Å². The van der Waals surface area contributed by atoms with E-state index >= 15 is 0 Å². The molecule has 0 amide bonds. The van der Waals surface area contributed by atoms with Crippen molar-refractivity contribution in [2.24, 2.45) is 0 Å². The molecule has 0 saturated carbocycles. The van der Waals surface area contributed by atoms with Crippen LogP contribution in [0.1, 0.15) is 0 Å². The van der Waals surface area contributed by atoms with Gasteiger partial charge in [0.15, 0.2) is 5.37 Å². The highest BCUT2D eigenvalue weighted by molar-refractivity contribution is 8.00. The van der Waals surface area contributed by atoms with Gasteiger partial charge in [-0.3, -0.25) is 10.1 Å². The van der Waals surface area contributed by atoms with Crippen molar-refractivity contribution < 1.29 is 25.3 Å². The van der Waals surface area contributed by atoms with Crippen molar-refractivity contribution in [3.8, 4) is 0 Å². The minimum Gasteiger partial charge on any atom is -0.480 e. The molecule has 0 aromatic heterocycles. The molecule has 70 valence electrons. The van der Waals surface area contributed by atoms with Gasteiger partial charge in [0.25, 0.3) is 0 Å². The summed E-state index contributed by atoms with van der Waals surface area (Å²) in [5.74, 6) is -1.70. The van der Waals surface area contributed by atoms with Crippen molar-refractivity contribution in [2.45, 2.75) is 11.4 Å². The van der Waals surface area contributed by atoms with Crippen LogP contribution in [0.25, 0.3) is 0 Å². The summed E-state index contributed by atoms with van der Waals surface area (Å²) in [6.07, 6.45) is 0. The van der Waals surface area contributed by atoms with Gasteiger partial charge in [-0.1, -0.05) is 0 Å². The maximum absolute atomic E-state index is 10.3. The lowest BCUT2D eigenvalue weighted by molar-refractivity contribution is -0.139. The van der Waals surface area contributed by atoms with Crippen LogP contribution < -0.4 is 5.32 Å². The summed E-state index contributed by atoms with van der Waals surface area (Å²) in [7, 11) is 0. The first-order valence-corrected chi connectivity index (χ1v) is 3.99. The summed E-state index contributed by atoms with van der Waals surface area (Å²) in [6, 6.07) is -0.721. The fourth-order valence-electron chi connectivity index (χ4n) is 0.757. The highest BCUT2D eigenvalue weighted by atomic mass is 32.2. The van der Waals surface area contributed by atoms with E-state index in [2.05, 4.69) is 5.32 Å². The molecule has 5 N–H and O–H groups in total. The first kappa shape index (κ1) is 11.2. The smallest absolute Gasteiger partial charge is 0.331 e. The number of hydrogen-bond acceptors (Lipinski definition) is 4. The molecule has 0 aromatic rings. The van der Waals surface area contributed by atoms with Crippen molar-refractivity contribution in [1.82, 2.24) is 5.32 Å². The normalized spacial score (nSPS) is 27.7. The number of hydrogen-bond donors (Lipinski definition) is 3. The predicted octanol–water partition coefficient (Wildman–Crippen LogP) is -1.64. The Morgan fingerprint density at radius 3 is 2.17 bits per heavy atom. The highest BCUT2D eigenvalue weighted by Gasteiger charge is 2.33. The minimum absolute atomic E-state index is 0. The lowest BCUT2D eigenvalue weighted by atomic mass is 10.3. The van der Waals surface area contributed by atoms with Crippen molar-refractivity contribution in [1.29, 1.82) is 0 Å². The second-order valence-electron chi connectivity index (χ2n) is 2.11. The lowest BCUT2D eigenvalue weighted by Gasteiger charge is -2.04. The topological polar surface area (TPSA) is 118 Å². The number of nitrogens with one attached hydrogen (secondary N) is 1. The average molecular weight is 195 g/mol. The van der Waals surface area contributed by atoms with Crippen molar-refractivity contribution in [3.05, 3.63) is 0 Å². The number of carboxylic acid groups (broad SMARTS) is 2. The molecule has 0 spiro atoms. The molecule has 1 aliphatic rings. The molecule has 6 nitrogen and oxygen atoms in total. The summed E-state index contributed by atoms with van der Waals surface area (Å²) in [5, 5.41) is 18.6. The summed E-state index contributed by atoms with van der Waals surface area (Å²) in [6.45, 7) is 0. The second-order valence-corrected chi connectivity index (χ2v) is 3.25. The van der Waals surface area contributed by atoms with Crippen LogP contribution in [0.4, 0.5) is 0 Å². The van der Waals surface area contributed by atoms with E-state index in [-0.39, 0.29) is 5.48 Å². The summed E-state index contributed by atoms with van der Waals surface area (Å²) in [4.78, 5) is 20.6. The van der Waals surface area contributed by atoms with Crippen molar-refractivity contribution in [2.75, 3.05) is 5.75 Å². The van der Waals surface area contributed by atoms with Crippen LogP contribution in [0.2, 0.25) is 0 Å². The molecule has 7 heteroatoms. The van der Waals surface area contributed by atoms with Crippen LogP contribution in [-0.2, 0) is 9.59 Å². The second kappa shape index (κ2) is 4.29. The lowest BCUT2D eigenvalue weighted by Crippen LogP contribution is -2.39. The van der Waals surface area contributed by atoms with E-state index in [4.69, 9.17) is 10.2 Å². The summed E-state index contributed by atoms with van der Waals surface area (Å²) < 4.78 is 0. The SMILES string of the molecule is O.O=C(O)C1CSC(C(=O)O)N1. The van der Waals surface area contributed by atoms with E-state index in [1.54, 1.807) is 0 Å². The molecular formula is C5H9NO5S. The minimum atomic E-state index is -1.02. The zero-order valence-electron chi connectivity index (χ0n) is 5.98. The van der Waals surface area contributed by atoms with E-state index in [0.717, 1.165) is 11.8 Å². The van der Waals surface area contributed by atoms with Gasteiger partial charge in [0, 0.05) is 5.75 Å². The van der Waals surface area contributed by atoms with Gasteiger partial charge in [0.2, 0.25) is 0 Å². The maximum atomic E-state index is 10.3. The first-order valence-electron chi connectivity index (χ1n) is 2.94. The first-order chi connectivity index (χ1) is 5.11. The van der Waals surface area contributed by atoms with E-state index < -0.39 is 23.4 Å². The predicted molar refractivity (Wildman–Crippen MR) is 42.1 cm³/mol. The molecule has 0 radical (unpaired) electrons. The van der Waals surface area contributed by atoms with Gasteiger partial charge in [-0.2, -0.15) is 0 Å². The Kier molecular flexibility index (Phi) is 4.01. The molecule has 2 unspecified atom stereocenters. The van der Waals surface area contributed by atoms with Crippen LogP contribution >= 0.6 is 11.8 Å². The monoisotopic (exact) mass is 195 g/mol. The van der Waals surface area contributed by atoms with Gasteiger partial charge in [-0.15, -0.1) is 11.8 Å². The third-order valence-corrected chi connectivity index (χ3v) is 2.50. The van der Waals surface area contributed by atoms with Crippen molar-refractivity contribution >= 4 is 23.7 Å². The van der Waals surface area contributed by atoms with E-state index in [0.29, 0.717) is 5.75 Å². The molecule has 1 fully saturated rings. The molecule has 0 aliphatic carbocycles. The Bertz CT molecular complexity index is 176. The highest BCUT2D eigenvalue weighted by Crippen LogP contribution is 2.18. The van der Waals surface area contributed by atoms with Gasteiger partial charge in [0.1, 0.15) is 6.04 Å². The third kappa shape index (κ3) is 2.36. The summed E-state index contributed by atoms with van der Waals surface area (Å²) in [5.41, 5.74) is 0. The fourth-order valence-corrected chi connectivity index (χ4v) is 1.78. The Morgan fingerprint density at radius 2 is 1.92 bits per heavy atom. The van der Waals surface area contributed by atoms with E-state index in [1.165, 1.54) is 0 Å². The Hall–Kier alpha value is -0.790. The van der Waals surface area contributed by atoms with Gasteiger partial charge < -0.3 is 15.7 Å². The van der Waals surface area contributed by atoms with Crippen molar-refractivity contribution in [3.63, 3.8) is 0 Å².